The smallest absolute Gasteiger partial charge is 0.303 e. The van der Waals surface area contributed by atoms with Gasteiger partial charge in [-0.05, 0) is 23.6 Å². The Kier molecular flexibility index (Phi) is 4.42. The molecule has 0 saturated heterocycles. The van der Waals surface area contributed by atoms with Gasteiger partial charge in [0.15, 0.2) is 0 Å². The Morgan fingerprint density at radius 3 is 2.79 bits per heavy atom. The fourth-order valence-corrected chi connectivity index (χ4v) is 2.10. The molecule has 0 amide bonds. The molecule has 0 spiro atoms. The molecule has 0 aromatic heterocycles. The Hall–Kier alpha value is -0.540. The lowest BCUT2D eigenvalue weighted by Crippen LogP contribution is -2.00. The predicted octanol–water partition coefficient (Wildman–Crippen LogP) is 3.21. The summed E-state index contributed by atoms with van der Waals surface area (Å²) in [6.45, 7) is 0. The lowest BCUT2D eigenvalue weighted by molar-refractivity contribution is -0.136. The van der Waals surface area contributed by atoms with Crippen LogP contribution in [0.3, 0.4) is 0 Å². The molecule has 1 aromatic carbocycles. The predicted molar refractivity (Wildman–Crippen MR) is 59.7 cm³/mol. The second-order valence-corrected chi connectivity index (χ2v) is 4.03. The average molecular weight is 278 g/mol. The molecule has 1 rings (SSSR count). The Morgan fingerprint density at radius 1 is 1.50 bits per heavy atom. The zero-order valence-corrected chi connectivity index (χ0v) is 9.81. The van der Waals surface area contributed by atoms with Crippen LogP contribution in [0.4, 0.5) is 0 Å². The maximum Gasteiger partial charge on any atom is 0.303 e. The molecule has 0 bridgehead atoms. The summed E-state index contributed by atoms with van der Waals surface area (Å²) in [5.74, 6) is -0.379. The van der Waals surface area contributed by atoms with E-state index in [-0.39, 0.29) is 6.42 Å². The maximum absolute atomic E-state index is 10.4. The highest BCUT2D eigenvalue weighted by molar-refractivity contribution is 9.10. The summed E-state index contributed by atoms with van der Waals surface area (Å²) in [5.41, 5.74) is 1.98. The third kappa shape index (κ3) is 3.00. The summed E-state index contributed by atoms with van der Waals surface area (Å²) in [5, 5.41) is 8.58. The van der Waals surface area contributed by atoms with Crippen LogP contribution in [0.2, 0.25) is 0 Å². The van der Waals surface area contributed by atoms with Crippen LogP contribution >= 0.6 is 27.5 Å². The zero-order valence-electron chi connectivity index (χ0n) is 7.46. The first kappa shape index (κ1) is 11.5. The highest BCUT2D eigenvalue weighted by Gasteiger charge is 2.07. The Balaban J connectivity index is 2.87. The van der Waals surface area contributed by atoms with Crippen molar-refractivity contribution >= 4 is 33.5 Å². The Labute approximate surface area is 96.0 Å². The molecule has 0 aliphatic rings. The Bertz CT molecular complexity index is 339. The van der Waals surface area contributed by atoms with Crippen molar-refractivity contribution in [3.8, 4) is 0 Å². The minimum absolute atomic E-state index is 0.131. The minimum Gasteiger partial charge on any atom is -0.481 e. The number of alkyl halides is 1. The standard InChI is InChI=1S/C10H10BrClO2/c11-9-3-1-2-7(6-12)8(9)4-5-10(13)14/h1-3H,4-6H2,(H,13,14). The average Bonchev–Trinajstić information content (AvgIpc) is 2.15. The van der Waals surface area contributed by atoms with Crippen LogP contribution in [0.15, 0.2) is 22.7 Å². The zero-order chi connectivity index (χ0) is 10.6. The second kappa shape index (κ2) is 5.37. The van der Waals surface area contributed by atoms with Crippen molar-refractivity contribution in [2.45, 2.75) is 18.7 Å². The fourth-order valence-electron chi connectivity index (χ4n) is 1.24. The van der Waals surface area contributed by atoms with Crippen LogP contribution in [0.25, 0.3) is 0 Å². The molecule has 0 aliphatic heterocycles. The van der Waals surface area contributed by atoms with E-state index in [4.69, 9.17) is 16.7 Å². The number of rotatable bonds is 4. The van der Waals surface area contributed by atoms with Crippen LogP contribution in [0.1, 0.15) is 17.5 Å². The van der Waals surface area contributed by atoms with Crippen LogP contribution in [0.5, 0.6) is 0 Å². The number of carbonyl (C=O) groups is 1. The summed E-state index contributed by atoms with van der Waals surface area (Å²) < 4.78 is 0.928. The van der Waals surface area contributed by atoms with E-state index in [1.807, 2.05) is 18.2 Å². The second-order valence-electron chi connectivity index (χ2n) is 2.90. The molecule has 4 heteroatoms. The van der Waals surface area contributed by atoms with Gasteiger partial charge in [0.1, 0.15) is 0 Å². The molecule has 0 radical (unpaired) electrons. The molecule has 0 unspecified atom stereocenters. The van der Waals surface area contributed by atoms with E-state index in [0.29, 0.717) is 12.3 Å². The number of hydrogen-bond donors (Lipinski definition) is 1. The maximum atomic E-state index is 10.4. The van der Waals surface area contributed by atoms with Gasteiger partial charge in [-0.3, -0.25) is 4.79 Å². The molecule has 0 fully saturated rings. The van der Waals surface area contributed by atoms with Crippen LogP contribution in [-0.2, 0) is 17.1 Å². The van der Waals surface area contributed by atoms with E-state index in [9.17, 15) is 4.79 Å². The van der Waals surface area contributed by atoms with Crippen molar-refractivity contribution in [3.05, 3.63) is 33.8 Å². The van der Waals surface area contributed by atoms with Gasteiger partial charge in [-0.25, -0.2) is 0 Å². The van der Waals surface area contributed by atoms with Gasteiger partial charge < -0.3 is 5.11 Å². The fraction of sp³-hybridized carbons (Fsp3) is 0.300. The number of carboxylic acid groups (broad SMARTS) is 1. The molecule has 2 nitrogen and oxygen atoms in total. The molecular weight excluding hydrogens is 267 g/mol. The van der Waals surface area contributed by atoms with Gasteiger partial charge in [0, 0.05) is 16.8 Å². The van der Waals surface area contributed by atoms with Gasteiger partial charge in [0.25, 0.3) is 0 Å². The van der Waals surface area contributed by atoms with Crippen molar-refractivity contribution in [2.75, 3.05) is 0 Å². The number of carboxylic acids is 1. The summed E-state index contributed by atoms with van der Waals surface area (Å²) in [6, 6.07) is 5.70. The van der Waals surface area contributed by atoms with Crippen molar-refractivity contribution in [3.63, 3.8) is 0 Å². The molecule has 1 N–H and O–H groups in total. The highest BCUT2D eigenvalue weighted by Crippen LogP contribution is 2.23. The first-order valence-electron chi connectivity index (χ1n) is 4.19. The van der Waals surface area contributed by atoms with E-state index >= 15 is 0 Å². The summed E-state index contributed by atoms with van der Waals surface area (Å²) in [7, 11) is 0. The van der Waals surface area contributed by atoms with Gasteiger partial charge >= 0.3 is 5.97 Å². The molecule has 1 aromatic rings. The van der Waals surface area contributed by atoms with E-state index < -0.39 is 5.97 Å². The van der Waals surface area contributed by atoms with Crippen LogP contribution < -0.4 is 0 Å². The first-order valence-corrected chi connectivity index (χ1v) is 5.52. The summed E-state index contributed by atoms with van der Waals surface area (Å²) in [6.07, 6.45) is 0.644. The molecule has 0 heterocycles. The Morgan fingerprint density at radius 2 is 2.21 bits per heavy atom. The monoisotopic (exact) mass is 276 g/mol. The summed E-state index contributed by atoms with van der Waals surface area (Å²) >= 11 is 9.14. The minimum atomic E-state index is -0.790. The third-order valence-electron chi connectivity index (χ3n) is 1.95. The summed E-state index contributed by atoms with van der Waals surface area (Å²) in [4.78, 5) is 10.4. The normalized spacial score (nSPS) is 10.1. The number of hydrogen-bond acceptors (Lipinski definition) is 1. The molecule has 0 aliphatic carbocycles. The van der Waals surface area contributed by atoms with E-state index in [1.165, 1.54) is 0 Å². The van der Waals surface area contributed by atoms with Crippen LogP contribution in [-0.4, -0.2) is 11.1 Å². The van der Waals surface area contributed by atoms with Gasteiger partial charge in [0.05, 0.1) is 0 Å². The number of halogens is 2. The van der Waals surface area contributed by atoms with Gasteiger partial charge in [-0.1, -0.05) is 28.1 Å². The highest BCUT2D eigenvalue weighted by atomic mass is 79.9. The molecule has 0 atom stereocenters. The lowest BCUT2D eigenvalue weighted by atomic mass is 10.0. The quantitative estimate of drug-likeness (QED) is 0.858. The number of benzene rings is 1. The van der Waals surface area contributed by atoms with Crippen molar-refractivity contribution < 1.29 is 9.90 Å². The molecule has 14 heavy (non-hydrogen) atoms. The third-order valence-corrected chi connectivity index (χ3v) is 2.98. The lowest BCUT2D eigenvalue weighted by Gasteiger charge is -2.07. The first-order chi connectivity index (χ1) is 6.65. The molecule has 76 valence electrons. The largest absolute Gasteiger partial charge is 0.481 e. The van der Waals surface area contributed by atoms with E-state index in [0.717, 1.165) is 15.6 Å². The molecular formula is C10H10BrClO2. The van der Waals surface area contributed by atoms with E-state index in [2.05, 4.69) is 15.9 Å². The van der Waals surface area contributed by atoms with Crippen molar-refractivity contribution in [2.24, 2.45) is 0 Å². The molecule has 0 saturated carbocycles. The van der Waals surface area contributed by atoms with Crippen molar-refractivity contribution in [1.29, 1.82) is 0 Å². The van der Waals surface area contributed by atoms with Crippen molar-refractivity contribution in [1.82, 2.24) is 0 Å². The van der Waals surface area contributed by atoms with Gasteiger partial charge in [0.2, 0.25) is 0 Å². The van der Waals surface area contributed by atoms with Gasteiger partial charge in [-0.2, -0.15) is 0 Å². The van der Waals surface area contributed by atoms with Gasteiger partial charge in [-0.15, -0.1) is 11.6 Å². The van der Waals surface area contributed by atoms with Crippen LogP contribution in [0, 0.1) is 0 Å². The SMILES string of the molecule is O=C(O)CCc1c(Br)cccc1CCl. The number of aliphatic carboxylic acids is 1. The topological polar surface area (TPSA) is 37.3 Å². The van der Waals surface area contributed by atoms with E-state index in [1.54, 1.807) is 0 Å².